The van der Waals surface area contributed by atoms with Crippen molar-refractivity contribution in [2.75, 3.05) is 19.9 Å². The minimum Gasteiger partial charge on any atom is -0.508 e. The third kappa shape index (κ3) is 7.25. The van der Waals surface area contributed by atoms with E-state index >= 15 is 0 Å². The molecule has 4 aromatic carbocycles. The van der Waals surface area contributed by atoms with Crippen molar-refractivity contribution in [2.45, 2.75) is 64.6 Å². The Morgan fingerprint density at radius 2 is 1.45 bits per heavy atom. The molecular formula is C38H42N2O4. The number of fused-ring (bicyclic) bond motifs is 1. The molecule has 228 valence electrons. The van der Waals surface area contributed by atoms with Crippen molar-refractivity contribution in [3.63, 3.8) is 0 Å². The molecule has 4 aromatic rings. The molecule has 1 saturated heterocycles. The van der Waals surface area contributed by atoms with Crippen LogP contribution in [0.2, 0.25) is 0 Å². The Bertz CT molecular complexity index is 1530. The highest BCUT2D eigenvalue weighted by Crippen LogP contribution is 2.36. The van der Waals surface area contributed by atoms with Gasteiger partial charge in [0.2, 0.25) is 6.79 Å². The lowest BCUT2D eigenvalue weighted by Gasteiger charge is -2.39. The number of aromatic hydroxyl groups is 1. The zero-order valence-corrected chi connectivity index (χ0v) is 25.6. The first-order valence-corrected chi connectivity index (χ1v) is 15.9. The molecule has 0 aromatic heterocycles. The molecule has 1 N–H and O–H groups in total. The maximum absolute atomic E-state index is 14.1. The van der Waals surface area contributed by atoms with Crippen LogP contribution in [-0.4, -0.2) is 46.7 Å². The van der Waals surface area contributed by atoms with E-state index in [1.165, 1.54) is 30.4 Å². The zero-order valence-electron chi connectivity index (χ0n) is 25.6. The zero-order chi connectivity index (χ0) is 30.3. The molecule has 2 aliphatic rings. The van der Waals surface area contributed by atoms with Crippen molar-refractivity contribution < 1.29 is 19.4 Å². The van der Waals surface area contributed by atoms with Gasteiger partial charge in [0.25, 0.3) is 5.91 Å². The molecule has 6 heteroatoms. The molecule has 0 spiro atoms. The quantitative estimate of drug-likeness (QED) is 0.180. The highest BCUT2D eigenvalue weighted by atomic mass is 16.7. The number of benzene rings is 4. The molecule has 2 heterocycles. The van der Waals surface area contributed by atoms with Crippen molar-refractivity contribution in [1.82, 2.24) is 9.80 Å². The van der Waals surface area contributed by atoms with Crippen LogP contribution in [0.15, 0.2) is 91.0 Å². The van der Waals surface area contributed by atoms with E-state index in [0.717, 1.165) is 72.6 Å². The maximum Gasteiger partial charge on any atom is 0.254 e. The molecule has 6 nitrogen and oxygen atoms in total. The molecule has 0 bridgehead atoms. The summed E-state index contributed by atoms with van der Waals surface area (Å²) in [4.78, 5) is 18.6. The molecule has 44 heavy (non-hydrogen) atoms. The SMILES string of the molecule is CCCCCc1ccc(C(=O)N(Cc2ccc(-c3ccc4c(c3)OCO4)cc2)C2CCN(Cc3ccc(O)cc3)CC2)cc1. The Morgan fingerprint density at radius 3 is 2.18 bits per heavy atom. The van der Waals surface area contributed by atoms with Crippen LogP contribution in [0.1, 0.15) is 66.1 Å². The van der Waals surface area contributed by atoms with E-state index in [4.69, 9.17) is 9.47 Å². The number of carbonyl (C=O) groups excluding carboxylic acids is 1. The molecule has 0 saturated carbocycles. The van der Waals surface area contributed by atoms with Gasteiger partial charge in [-0.25, -0.2) is 0 Å². The Labute approximate surface area is 260 Å². The highest BCUT2D eigenvalue weighted by molar-refractivity contribution is 5.94. The molecule has 1 fully saturated rings. The van der Waals surface area contributed by atoms with Crippen LogP contribution in [0.4, 0.5) is 0 Å². The first-order chi connectivity index (χ1) is 21.6. The van der Waals surface area contributed by atoms with Gasteiger partial charge < -0.3 is 19.5 Å². The normalized spacial score (nSPS) is 14.9. The fourth-order valence-corrected chi connectivity index (χ4v) is 6.25. The third-order valence-corrected chi connectivity index (χ3v) is 8.88. The average Bonchev–Trinajstić information content (AvgIpc) is 3.54. The highest BCUT2D eigenvalue weighted by Gasteiger charge is 2.29. The van der Waals surface area contributed by atoms with Crippen LogP contribution >= 0.6 is 0 Å². The molecule has 6 rings (SSSR count). The number of amides is 1. The summed E-state index contributed by atoms with van der Waals surface area (Å²) in [6.07, 6.45) is 6.52. The standard InChI is InChI=1S/C38H42N2O4/c1-2-3-4-5-28-6-14-32(15-7-28)38(42)40(34-20-22-39(23-21-34)25-29-10-17-35(41)18-11-29)26-30-8-12-31(13-9-30)33-16-19-36-37(24-33)44-27-43-36/h6-19,24,34,41H,2-5,20-23,25-27H2,1H3. The number of phenols is 1. The second-order valence-electron chi connectivity index (χ2n) is 12.0. The fourth-order valence-electron chi connectivity index (χ4n) is 6.25. The van der Waals surface area contributed by atoms with E-state index in [0.29, 0.717) is 12.3 Å². The van der Waals surface area contributed by atoms with Gasteiger partial charge in [0.1, 0.15) is 5.75 Å². The molecule has 0 aliphatic carbocycles. The van der Waals surface area contributed by atoms with Gasteiger partial charge in [0.05, 0.1) is 0 Å². The molecule has 1 amide bonds. The first kappa shape index (κ1) is 29.8. The summed E-state index contributed by atoms with van der Waals surface area (Å²) in [5.41, 5.74) is 6.54. The van der Waals surface area contributed by atoms with Crippen molar-refractivity contribution in [1.29, 1.82) is 0 Å². The van der Waals surface area contributed by atoms with Crippen LogP contribution in [0, 0.1) is 0 Å². The van der Waals surface area contributed by atoms with E-state index in [1.54, 1.807) is 12.1 Å². The topological polar surface area (TPSA) is 62.2 Å². The number of likely N-dealkylation sites (tertiary alicyclic amines) is 1. The van der Waals surface area contributed by atoms with Gasteiger partial charge in [-0.3, -0.25) is 9.69 Å². The fraction of sp³-hybridized carbons (Fsp3) is 0.342. The lowest BCUT2D eigenvalue weighted by atomic mass is 9.98. The summed E-state index contributed by atoms with van der Waals surface area (Å²) >= 11 is 0. The number of ether oxygens (including phenoxy) is 2. The van der Waals surface area contributed by atoms with Gasteiger partial charge in [-0.05, 0) is 89.9 Å². The van der Waals surface area contributed by atoms with E-state index < -0.39 is 0 Å². The monoisotopic (exact) mass is 590 g/mol. The van der Waals surface area contributed by atoms with E-state index in [9.17, 15) is 9.90 Å². The van der Waals surface area contributed by atoms with Crippen molar-refractivity contribution in [3.8, 4) is 28.4 Å². The predicted molar refractivity (Wildman–Crippen MR) is 174 cm³/mol. The summed E-state index contributed by atoms with van der Waals surface area (Å²) < 4.78 is 11.0. The Morgan fingerprint density at radius 1 is 0.795 bits per heavy atom. The summed E-state index contributed by atoms with van der Waals surface area (Å²) in [6.45, 7) is 5.75. The van der Waals surface area contributed by atoms with Gasteiger partial charge in [0, 0.05) is 37.8 Å². The predicted octanol–water partition coefficient (Wildman–Crippen LogP) is 7.83. The lowest BCUT2D eigenvalue weighted by molar-refractivity contribution is 0.0543. The Hall–Kier alpha value is -4.29. The van der Waals surface area contributed by atoms with Crippen molar-refractivity contribution >= 4 is 5.91 Å². The number of aryl methyl sites for hydroxylation is 1. The van der Waals surface area contributed by atoms with E-state index in [-0.39, 0.29) is 18.7 Å². The third-order valence-electron chi connectivity index (χ3n) is 8.88. The largest absolute Gasteiger partial charge is 0.508 e. The number of hydrogen-bond acceptors (Lipinski definition) is 5. The van der Waals surface area contributed by atoms with Crippen LogP contribution in [0.25, 0.3) is 11.1 Å². The summed E-state index contributed by atoms with van der Waals surface area (Å²) in [5, 5.41) is 9.63. The number of nitrogens with zero attached hydrogens (tertiary/aromatic N) is 2. The number of rotatable bonds is 11. The Kier molecular flexibility index (Phi) is 9.47. The van der Waals surface area contributed by atoms with Crippen LogP contribution in [0.5, 0.6) is 17.2 Å². The number of phenolic OH excluding ortho intramolecular Hbond substituents is 1. The van der Waals surface area contributed by atoms with Crippen molar-refractivity contribution in [3.05, 3.63) is 113 Å². The van der Waals surface area contributed by atoms with Gasteiger partial charge in [0.15, 0.2) is 11.5 Å². The average molecular weight is 591 g/mol. The molecule has 0 unspecified atom stereocenters. The second kappa shape index (κ2) is 14.0. The van der Waals surface area contributed by atoms with E-state index in [1.807, 2.05) is 36.4 Å². The van der Waals surface area contributed by atoms with Gasteiger partial charge >= 0.3 is 0 Å². The van der Waals surface area contributed by atoms with E-state index in [2.05, 4.69) is 59.2 Å². The molecular weight excluding hydrogens is 548 g/mol. The Balaban J connectivity index is 1.16. The molecule has 0 atom stereocenters. The summed E-state index contributed by atoms with van der Waals surface area (Å²) in [5.74, 6) is 1.94. The number of unbranched alkanes of at least 4 members (excludes halogenated alkanes) is 2. The van der Waals surface area contributed by atoms with Crippen molar-refractivity contribution in [2.24, 2.45) is 0 Å². The van der Waals surface area contributed by atoms with Gasteiger partial charge in [-0.1, -0.05) is 74.4 Å². The summed E-state index contributed by atoms with van der Waals surface area (Å²) in [6, 6.07) is 30.4. The maximum atomic E-state index is 14.1. The minimum atomic E-state index is 0.0990. The molecule has 0 radical (unpaired) electrons. The minimum absolute atomic E-state index is 0.0990. The second-order valence-corrected chi connectivity index (χ2v) is 12.0. The van der Waals surface area contributed by atoms with Gasteiger partial charge in [-0.15, -0.1) is 0 Å². The van der Waals surface area contributed by atoms with Gasteiger partial charge in [-0.2, -0.15) is 0 Å². The van der Waals surface area contributed by atoms with Crippen LogP contribution in [-0.2, 0) is 19.5 Å². The van der Waals surface area contributed by atoms with Crippen LogP contribution in [0.3, 0.4) is 0 Å². The first-order valence-electron chi connectivity index (χ1n) is 15.9. The van der Waals surface area contributed by atoms with Crippen LogP contribution < -0.4 is 9.47 Å². The smallest absolute Gasteiger partial charge is 0.254 e. The molecule has 2 aliphatic heterocycles. The number of piperidine rings is 1. The summed E-state index contributed by atoms with van der Waals surface area (Å²) in [7, 11) is 0. The lowest BCUT2D eigenvalue weighted by Crippen LogP contribution is -2.46. The number of hydrogen-bond donors (Lipinski definition) is 1. The number of carbonyl (C=O) groups is 1.